The maximum atomic E-state index is 12.3. The lowest BCUT2D eigenvalue weighted by molar-refractivity contribution is -0.143. The number of hydrogen-bond donors (Lipinski definition) is 1. The van der Waals surface area contributed by atoms with Crippen LogP contribution in [0.25, 0.3) is 0 Å². The number of nitriles is 1. The van der Waals surface area contributed by atoms with E-state index >= 15 is 0 Å². The van der Waals surface area contributed by atoms with Crippen molar-refractivity contribution in [2.24, 2.45) is 5.73 Å². The summed E-state index contributed by atoms with van der Waals surface area (Å²) in [5.74, 6) is -0.557. The van der Waals surface area contributed by atoms with Crippen molar-refractivity contribution in [1.82, 2.24) is 0 Å². The number of rotatable bonds is 3. The molecular weight excluding hydrogens is 272 g/mol. The smallest absolute Gasteiger partial charge is 0.338 e. The quantitative estimate of drug-likeness (QED) is 0.857. The van der Waals surface area contributed by atoms with Gasteiger partial charge in [0.15, 0.2) is 0 Å². The highest BCUT2D eigenvalue weighted by Gasteiger charge is 2.38. The third-order valence-corrected chi connectivity index (χ3v) is 3.00. The second kappa shape index (κ2) is 5.75. The molecule has 1 aliphatic rings. The summed E-state index contributed by atoms with van der Waals surface area (Å²) < 4.78 is 15.9. The summed E-state index contributed by atoms with van der Waals surface area (Å²) >= 11 is 0. The second-order valence-electron chi connectivity index (χ2n) is 4.86. The van der Waals surface area contributed by atoms with E-state index in [2.05, 4.69) is 0 Å². The minimum Gasteiger partial charge on any atom is -0.468 e. The summed E-state index contributed by atoms with van der Waals surface area (Å²) in [5.41, 5.74) is 6.10. The minimum atomic E-state index is -0.718. The topological polar surface area (TPSA) is 98.5 Å². The molecule has 1 aromatic heterocycles. The fourth-order valence-electron chi connectivity index (χ4n) is 2.16. The van der Waals surface area contributed by atoms with E-state index < -0.39 is 11.9 Å². The van der Waals surface area contributed by atoms with Gasteiger partial charge in [-0.25, -0.2) is 4.79 Å². The number of esters is 1. The lowest BCUT2D eigenvalue weighted by atomic mass is 9.87. The molecule has 0 aromatic carbocycles. The lowest BCUT2D eigenvalue weighted by Crippen LogP contribution is -2.26. The highest BCUT2D eigenvalue weighted by Crippen LogP contribution is 2.39. The Morgan fingerprint density at radius 3 is 2.76 bits per heavy atom. The molecular formula is C15H16N2O4. The molecule has 0 spiro atoms. The van der Waals surface area contributed by atoms with E-state index in [-0.39, 0.29) is 23.1 Å². The van der Waals surface area contributed by atoms with Crippen LogP contribution in [0.4, 0.5) is 0 Å². The monoisotopic (exact) mass is 288 g/mol. The number of nitrogens with two attached hydrogens (primary N) is 1. The third-order valence-electron chi connectivity index (χ3n) is 3.00. The molecule has 0 radical (unpaired) electrons. The zero-order valence-corrected chi connectivity index (χ0v) is 12.0. The van der Waals surface area contributed by atoms with E-state index in [0.717, 1.165) is 0 Å². The van der Waals surface area contributed by atoms with Crippen molar-refractivity contribution in [3.05, 3.63) is 46.9 Å². The molecule has 21 heavy (non-hydrogen) atoms. The standard InChI is InChI=1S/C15H16N2O4/c1-8(2)20-15(18)12-9(3)21-14(17)10(7-16)13(12)11-5-4-6-19-11/h4-6,8,13H,17H2,1-3H3/t13-/m0/s1. The van der Waals surface area contributed by atoms with E-state index in [1.54, 1.807) is 32.9 Å². The van der Waals surface area contributed by atoms with Gasteiger partial charge in [0.2, 0.25) is 5.88 Å². The zero-order chi connectivity index (χ0) is 15.6. The van der Waals surface area contributed by atoms with Crippen LogP contribution in [0.15, 0.2) is 45.6 Å². The molecule has 2 rings (SSSR count). The Bertz CT molecular complexity index is 648. The molecule has 2 N–H and O–H groups in total. The number of furan rings is 1. The highest BCUT2D eigenvalue weighted by atomic mass is 16.5. The Hall–Kier alpha value is -2.68. The van der Waals surface area contributed by atoms with E-state index in [4.69, 9.17) is 19.6 Å². The first kappa shape index (κ1) is 14.7. The number of hydrogen-bond acceptors (Lipinski definition) is 6. The van der Waals surface area contributed by atoms with E-state index in [1.807, 2.05) is 6.07 Å². The molecule has 6 heteroatoms. The zero-order valence-electron chi connectivity index (χ0n) is 12.0. The van der Waals surface area contributed by atoms with Crippen LogP contribution in [-0.2, 0) is 14.3 Å². The highest BCUT2D eigenvalue weighted by molar-refractivity contribution is 5.92. The van der Waals surface area contributed by atoms with Gasteiger partial charge in [0.1, 0.15) is 23.2 Å². The summed E-state index contributed by atoms with van der Waals surface area (Å²) in [4.78, 5) is 12.3. The van der Waals surface area contributed by atoms with Gasteiger partial charge < -0.3 is 19.6 Å². The van der Waals surface area contributed by atoms with E-state index in [1.165, 1.54) is 6.26 Å². The van der Waals surface area contributed by atoms with Gasteiger partial charge in [-0.2, -0.15) is 5.26 Å². The van der Waals surface area contributed by atoms with Crippen molar-refractivity contribution < 1.29 is 18.7 Å². The average molecular weight is 288 g/mol. The third kappa shape index (κ3) is 2.77. The van der Waals surface area contributed by atoms with Crippen molar-refractivity contribution in [1.29, 1.82) is 5.26 Å². The molecule has 0 saturated carbocycles. The van der Waals surface area contributed by atoms with E-state index in [9.17, 15) is 10.1 Å². The summed E-state index contributed by atoms with van der Waals surface area (Å²) in [6.45, 7) is 5.09. The van der Waals surface area contributed by atoms with Gasteiger partial charge >= 0.3 is 5.97 Å². The predicted molar refractivity (Wildman–Crippen MR) is 73.3 cm³/mol. The van der Waals surface area contributed by atoms with Crippen LogP contribution in [0.2, 0.25) is 0 Å². The lowest BCUT2D eigenvalue weighted by Gasteiger charge is -2.25. The molecule has 0 fully saturated rings. The predicted octanol–water partition coefficient (Wildman–Crippen LogP) is 2.31. The Morgan fingerprint density at radius 2 is 2.24 bits per heavy atom. The molecule has 1 aliphatic heterocycles. The van der Waals surface area contributed by atoms with Gasteiger partial charge in [0.05, 0.1) is 23.9 Å². The second-order valence-corrected chi connectivity index (χ2v) is 4.86. The van der Waals surface area contributed by atoms with Crippen molar-refractivity contribution >= 4 is 5.97 Å². The van der Waals surface area contributed by atoms with Crippen LogP contribution >= 0.6 is 0 Å². The fourth-order valence-corrected chi connectivity index (χ4v) is 2.16. The normalized spacial score (nSPS) is 18.5. The first-order chi connectivity index (χ1) is 9.95. The first-order valence-electron chi connectivity index (χ1n) is 6.48. The number of allylic oxidation sites excluding steroid dienone is 2. The van der Waals surface area contributed by atoms with Crippen molar-refractivity contribution in [2.45, 2.75) is 32.8 Å². The molecule has 1 aromatic rings. The number of carbonyl (C=O) groups is 1. The van der Waals surface area contributed by atoms with Crippen LogP contribution in [0.3, 0.4) is 0 Å². The van der Waals surface area contributed by atoms with Crippen LogP contribution in [0, 0.1) is 11.3 Å². The molecule has 110 valence electrons. The van der Waals surface area contributed by atoms with Gasteiger partial charge in [-0.15, -0.1) is 0 Å². The fraction of sp³-hybridized carbons (Fsp3) is 0.333. The van der Waals surface area contributed by atoms with Crippen LogP contribution in [0.1, 0.15) is 32.4 Å². The van der Waals surface area contributed by atoms with E-state index in [0.29, 0.717) is 11.5 Å². The average Bonchev–Trinajstić information content (AvgIpc) is 2.90. The van der Waals surface area contributed by atoms with Gasteiger partial charge in [-0.1, -0.05) is 0 Å². The van der Waals surface area contributed by atoms with Gasteiger partial charge in [-0.05, 0) is 32.9 Å². The van der Waals surface area contributed by atoms with Crippen LogP contribution in [0.5, 0.6) is 0 Å². The molecule has 2 heterocycles. The molecule has 6 nitrogen and oxygen atoms in total. The Morgan fingerprint density at radius 1 is 1.52 bits per heavy atom. The van der Waals surface area contributed by atoms with Gasteiger partial charge in [-0.3, -0.25) is 0 Å². The van der Waals surface area contributed by atoms with Crippen LogP contribution < -0.4 is 5.73 Å². The molecule has 0 amide bonds. The molecule has 1 atom stereocenters. The Balaban J connectivity index is 2.52. The van der Waals surface area contributed by atoms with Crippen LogP contribution in [-0.4, -0.2) is 12.1 Å². The van der Waals surface area contributed by atoms with Crippen molar-refractivity contribution in [3.63, 3.8) is 0 Å². The van der Waals surface area contributed by atoms with Gasteiger partial charge in [0.25, 0.3) is 0 Å². The van der Waals surface area contributed by atoms with Gasteiger partial charge in [0, 0.05) is 0 Å². The maximum absolute atomic E-state index is 12.3. The molecule has 0 saturated heterocycles. The minimum absolute atomic E-state index is 0.0301. The summed E-state index contributed by atoms with van der Waals surface area (Å²) in [5, 5.41) is 9.31. The largest absolute Gasteiger partial charge is 0.468 e. The molecule has 0 aliphatic carbocycles. The summed E-state index contributed by atoms with van der Waals surface area (Å²) in [6, 6.07) is 5.33. The summed E-state index contributed by atoms with van der Waals surface area (Å²) in [6.07, 6.45) is 1.18. The molecule has 0 unspecified atom stereocenters. The SMILES string of the molecule is CC1=C(C(=O)OC(C)C)[C@H](c2ccco2)C(C#N)=C(N)O1. The number of carbonyl (C=O) groups excluding carboxylic acids is 1. The maximum Gasteiger partial charge on any atom is 0.338 e. The first-order valence-corrected chi connectivity index (χ1v) is 6.48. The summed E-state index contributed by atoms with van der Waals surface area (Å²) in [7, 11) is 0. The van der Waals surface area contributed by atoms with Crippen molar-refractivity contribution in [3.8, 4) is 6.07 Å². The van der Waals surface area contributed by atoms with Crippen molar-refractivity contribution in [2.75, 3.05) is 0 Å². The molecule has 0 bridgehead atoms. The Kier molecular flexibility index (Phi) is 4.03. The Labute approximate surface area is 122 Å². The number of ether oxygens (including phenoxy) is 2. The number of nitrogens with zero attached hydrogens (tertiary/aromatic N) is 1.